The molecule has 0 radical (unpaired) electrons. The van der Waals surface area contributed by atoms with Gasteiger partial charge in [-0.25, -0.2) is 9.97 Å². The maximum atomic E-state index is 5.60. The zero-order valence-corrected chi connectivity index (χ0v) is 9.50. The number of rotatable bonds is 3. The van der Waals surface area contributed by atoms with E-state index in [1.807, 2.05) is 18.2 Å². The predicted molar refractivity (Wildman–Crippen MR) is 63.0 cm³/mol. The van der Waals surface area contributed by atoms with E-state index >= 15 is 0 Å². The lowest BCUT2D eigenvalue weighted by molar-refractivity contribution is 1.10. The van der Waals surface area contributed by atoms with Gasteiger partial charge in [-0.05, 0) is 17.2 Å². The molecular weight excluding hydrogens is 228 g/mol. The van der Waals surface area contributed by atoms with E-state index in [2.05, 4.69) is 22.1 Å². The Hall–Kier alpha value is -1.06. The third kappa shape index (κ3) is 3.22. The predicted octanol–water partition coefficient (Wildman–Crippen LogP) is 3.42. The summed E-state index contributed by atoms with van der Waals surface area (Å²) in [5.41, 5.74) is 1.29. The Balaban J connectivity index is 1.96. The van der Waals surface area contributed by atoms with E-state index in [-0.39, 0.29) is 0 Å². The highest BCUT2D eigenvalue weighted by molar-refractivity contribution is 7.98. The van der Waals surface area contributed by atoms with Crippen LogP contribution in [0.15, 0.2) is 47.6 Å². The second kappa shape index (κ2) is 5.14. The molecule has 0 aliphatic heterocycles. The molecule has 2 nitrogen and oxygen atoms in total. The topological polar surface area (TPSA) is 25.8 Å². The third-order valence-electron chi connectivity index (χ3n) is 1.84. The lowest BCUT2D eigenvalue weighted by Crippen LogP contribution is -1.83. The quantitative estimate of drug-likeness (QED) is 0.603. The minimum absolute atomic E-state index is 0.291. The molecule has 0 N–H and O–H groups in total. The highest BCUT2D eigenvalue weighted by atomic mass is 35.5. The number of thioether (sulfide) groups is 1. The van der Waals surface area contributed by atoms with Crippen LogP contribution in [0.3, 0.4) is 0 Å². The van der Waals surface area contributed by atoms with Gasteiger partial charge in [0.15, 0.2) is 0 Å². The van der Waals surface area contributed by atoms with Gasteiger partial charge in [-0.15, -0.1) is 11.8 Å². The van der Waals surface area contributed by atoms with Crippen LogP contribution < -0.4 is 0 Å². The van der Waals surface area contributed by atoms with E-state index in [1.165, 1.54) is 5.56 Å². The summed E-state index contributed by atoms with van der Waals surface area (Å²) in [6.45, 7) is 0. The Morgan fingerprint density at radius 2 is 1.73 bits per heavy atom. The van der Waals surface area contributed by atoms with Crippen molar-refractivity contribution in [3.63, 3.8) is 0 Å². The number of aromatic nitrogens is 2. The van der Waals surface area contributed by atoms with E-state index in [0.29, 0.717) is 5.28 Å². The SMILES string of the molecule is Clc1ncc(SCc2ccccc2)cn1. The standard InChI is InChI=1S/C11H9ClN2S/c12-11-13-6-10(7-14-11)15-8-9-4-2-1-3-5-9/h1-7H,8H2. The summed E-state index contributed by atoms with van der Waals surface area (Å²) in [7, 11) is 0. The molecule has 0 bridgehead atoms. The van der Waals surface area contributed by atoms with Crippen LogP contribution in [-0.2, 0) is 5.75 Å². The van der Waals surface area contributed by atoms with E-state index in [1.54, 1.807) is 24.2 Å². The molecule has 1 heterocycles. The molecule has 1 aromatic heterocycles. The number of benzene rings is 1. The Bertz CT molecular complexity index is 416. The minimum atomic E-state index is 0.291. The third-order valence-corrected chi connectivity index (χ3v) is 3.06. The molecule has 0 spiro atoms. The second-order valence-electron chi connectivity index (χ2n) is 2.96. The lowest BCUT2D eigenvalue weighted by Gasteiger charge is -2.00. The summed E-state index contributed by atoms with van der Waals surface area (Å²) in [6, 6.07) is 10.3. The smallest absolute Gasteiger partial charge is 0.222 e. The molecule has 0 saturated carbocycles. The van der Waals surface area contributed by atoms with Crippen molar-refractivity contribution in [2.75, 3.05) is 0 Å². The first kappa shape index (κ1) is 10.5. The normalized spacial score (nSPS) is 10.2. The van der Waals surface area contributed by atoms with Crippen LogP contribution in [0.4, 0.5) is 0 Å². The molecule has 0 saturated heterocycles. The summed E-state index contributed by atoms with van der Waals surface area (Å²) in [4.78, 5) is 8.88. The summed E-state index contributed by atoms with van der Waals surface area (Å²) in [6.07, 6.45) is 3.48. The summed E-state index contributed by atoms with van der Waals surface area (Å²) in [5, 5.41) is 0.291. The molecule has 15 heavy (non-hydrogen) atoms. The molecule has 4 heteroatoms. The van der Waals surface area contributed by atoms with Crippen molar-refractivity contribution < 1.29 is 0 Å². The summed E-state index contributed by atoms with van der Waals surface area (Å²) in [5.74, 6) is 0.922. The van der Waals surface area contributed by atoms with Crippen LogP contribution >= 0.6 is 23.4 Å². The van der Waals surface area contributed by atoms with Gasteiger partial charge in [0, 0.05) is 23.0 Å². The molecule has 0 amide bonds. The van der Waals surface area contributed by atoms with Crippen molar-refractivity contribution in [3.8, 4) is 0 Å². The number of halogens is 1. The van der Waals surface area contributed by atoms with Crippen LogP contribution in [-0.4, -0.2) is 9.97 Å². The zero-order chi connectivity index (χ0) is 10.5. The van der Waals surface area contributed by atoms with E-state index in [4.69, 9.17) is 11.6 Å². The van der Waals surface area contributed by atoms with Gasteiger partial charge >= 0.3 is 0 Å². The van der Waals surface area contributed by atoms with Crippen LogP contribution in [0, 0.1) is 0 Å². The van der Waals surface area contributed by atoms with E-state index < -0.39 is 0 Å². The minimum Gasteiger partial charge on any atom is -0.225 e. The molecule has 2 rings (SSSR count). The van der Waals surface area contributed by atoms with Crippen LogP contribution in [0.25, 0.3) is 0 Å². The van der Waals surface area contributed by atoms with Gasteiger partial charge in [0.1, 0.15) is 0 Å². The van der Waals surface area contributed by atoms with Gasteiger partial charge < -0.3 is 0 Å². The Kier molecular flexibility index (Phi) is 3.59. The largest absolute Gasteiger partial charge is 0.225 e. The molecule has 1 aromatic carbocycles. The van der Waals surface area contributed by atoms with Crippen molar-refractivity contribution in [1.82, 2.24) is 9.97 Å². The van der Waals surface area contributed by atoms with Gasteiger partial charge in [0.2, 0.25) is 5.28 Å². The van der Waals surface area contributed by atoms with Gasteiger partial charge in [-0.1, -0.05) is 30.3 Å². The Morgan fingerprint density at radius 3 is 2.40 bits per heavy atom. The Labute approximate surface area is 97.7 Å². The average Bonchev–Trinajstić information content (AvgIpc) is 2.30. The Morgan fingerprint density at radius 1 is 1.07 bits per heavy atom. The monoisotopic (exact) mass is 236 g/mol. The average molecular weight is 237 g/mol. The molecule has 76 valence electrons. The molecule has 0 aliphatic carbocycles. The number of hydrogen-bond donors (Lipinski definition) is 0. The van der Waals surface area contributed by atoms with Gasteiger partial charge in [-0.2, -0.15) is 0 Å². The maximum absolute atomic E-state index is 5.60. The fourth-order valence-electron chi connectivity index (χ4n) is 1.12. The first-order valence-corrected chi connectivity index (χ1v) is 5.85. The number of hydrogen-bond acceptors (Lipinski definition) is 3. The van der Waals surface area contributed by atoms with E-state index in [9.17, 15) is 0 Å². The fraction of sp³-hybridized carbons (Fsp3) is 0.0909. The van der Waals surface area contributed by atoms with Crippen molar-refractivity contribution in [3.05, 3.63) is 53.6 Å². The van der Waals surface area contributed by atoms with Crippen LogP contribution in [0.2, 0.25) is 5.28 Å². The first-order chi connectivity index (χ1) is 7.34. The highest BCUT2D eigenvalue weighted by Crippen LogP contribution is 2.21. The molecule has 0 unspecified atom stereocenters. The first-order valence-electron chi connectivity index (χ1n) is 4.49. The van der Waals surface area contributed by atoms with Crippen molar-refractivity contribution >= 4 is 23.4 Å². The van der Waals surface area contributed by atoms with Crippen molar-refractivity contribution in [2.24, 2.45) is 0 Å². The fourth-order valence-corrected chi connectivity index (χ4v) is 1.99. The molecule has 0 atom stereocenters. The lowest BCUT2D eigenvalue weighted by atomic mass is 10.2. The highest BCUT2D eigenvalue weighted by Gasteiger charge is 1.97. The molecular formula is C11H9ClN2S. The van der Waals surface area contributed by atoms with Crippen LogP contribution in [0.5, 0.6) is 0 Å². The molecule has 0 fully saturated rings. The van der Waals surface area contributed by atoms with Gasteiger partial charge in [0.05, 0.1) is 0 Å². The maximum Gasteiger partial charge on any atom is 0.222 e. The van der Waals surface area contributed by atoms with Gasteiger partial charge in [0.25, 0.3) is 0 Å². The van der Waals surface area contributed by atoms with Crippen molar-refractivity contribution in [1.29, 1.82) is 0 Å². The molecule has 0 aliphatic rings. The van der Waals surface area contributed by atoms with E-state index in [0.717, 1.165) is 10.6 Å². The van der Waals surface area contributed by atoms with Crippen molar-refractivity contribution in [2.45, 2.75) is 10.6 Å². The number of nitrogens with zero attached hydrogens (tertiary/aromatic N) is 2. The summed E-state index contributed by atoms with van der Waals surface area (Å²) < 4.78 is 0. The summed E-state index contributed by atoms with van der Waals surface area (Å²) >= 11 is 7.30. The molecule has 2 aromatic rings. The zero-order valence-electron chi connectivity index (χ0n) is 7.93. The van der Waals surface area contributed by atoms with Gasteiger partial charge in [-0.3, -0.25) is 0 Å². The van der Waals surface area contributed by atoms with Crippen LogP contribution in [0.1, 0.15) is 5.56 Å². The second-order valence-corrected chi connectivity index (χ2v) is 4.35.